The molecule has 2 unspecified atom stereocenters. The van der Waals surface area contributed by atoms with Crippen LogP contribution in [0, 0.1) is 0 Å². The van der Waals surface area contributed by atoms with Crippen molar-refractivity contribution in [3.63, 3.8) is 0 Å². The number of allylic oxidation sites excluding steroid dienone is 29. The average molecular weight is 1040 g/mol. The van der Waals surface area contributed by atoms with E-state index >= 15 is 0 Å². The second kappa shape index (κ2) is 64.8. The number of amides is 1. The quantitative estimate of drug-likeness (QED) is 0.0420. The molecule has 4 nitrogen and oxygen atoms in total. The van der Waals surface area contributed by atoms with Crippen LogP contribution in [0.3, 0.4) is 0 Å². The van der Waals surface area contributed by atoms with E-state index in [0.29, 0.717) is 6.42 Å². The maximum absolute atomic E-state index is 12.5. The SMILES string of the molecule is CC/C=C\C/C=C\C/C=C\C/C=C\C/C=C\C/C=C\C/C=C\C/C=C\C/C=C\C/C=C\C/C=C\C/C=C\CCCCC(=O)NC(CO)C(O)/C=C/CC/C=C/CC/C=C/CCCCCCCCCCCCCCCCC. The van der Waals surface area contributed by atoms with Crippen molar-refractivity contribution >= 4 is 5.91 Å². The minimum atomic E-state index is -0.904. The molecule has 1 amide bonds. The zero-order valence-electron chi connectivity index (χ0n) is 48.9. The molecule has 0 rings (SSSR count). The molecule has 0 aromatic heterocycles. The fraction of sp³-hybridized carbons (Fsp3) is 0.569. The molecule has 0 bridgehead atoms. The Morgan fingerprint density at radius 3 is 0.921 bits per heavy atom. The maximum Gasteiger partial charge on any atom is 0.220 e. The van der Waals surface area contributed by atoms with Crippen LogP contribution in [-0.4, -0.2) is 34.9 Å². The van der Waals surface area contributed by atoms with Crippen LogP contribution in [0.2, 0.25) is 0 Å². The first kappa shape index (κ1) is 71.5. The van der Waals surface area contributed by atoms with Gasteiger partial charge in [0.1, 0.15) is 0 Å². The Labute approximate surface area is 470 Å². The Balaban J connectivity index is 3.76. The highest BCUT2D eigenvalue weighted by Gasteiger charge is 2.17. The Bertz CT molecular complexity index is 1700. The fourth-order valence-corrected chi connectivity index (χ4v) is 8.19. The van der Waals surface area contributed by atoms with Gasteiger partial charge in [-0.3, -0.25) is 4.79 Å². The van der Waals surface area contributed by atoms with Gasteiger partial charge >= 0.3 is 0 Å². The van der Waals surface area contributed by atoms with Crippen molar-refractivity contribution in [1.29, 1.82) is 0 Å². The highest BCUT2D eigenvalue weighted by Crippen LogP contribution is 2.14. The molecule has 0 aliphatic rings. The second-order valence-corrected chi connectivity index (χ2v) is 20.0. The highest BCUT2D eigenvalue weighted by molar-refractivity contribution is 5.76. The van der Waals surface area contributed by atoms with Crippen LogP contribution in [0.4, 0.5) is 0 Å². The lowest BCUT2D eigenvalue weighted by Gasteiger charge is -2.19. The van der Waals surface area contributed by atoms with Crippen molar-refractivity contribution in [1.82, 2.24) is 5.32 Å². The van der Waals surface area contributed by atoms with Gasteiger partial charge in [0.2, 0.25) is 5.91 Å². The van der Waals surface area contributed by atoms with Gasteiger partial charge in [0, 0.05) is 6.42 Å². The Hall–Kier alpha value is -4.51. The molecule has 3 N–H and O–H groups in total. The number of hydrogen-bond donors (Lipinski definition) is 3. The van der Waals surface area contributed by atoms with Gasteiger partial charge in [-0.15, -0.1) is 0 Å². The molecule has 0 spiro atoms. The molecule has 0 saturated carbocycles. The van der Waals surface area contributed by atoms with E-state index in [1.165, 1.54) is 103 Å². The molecule has 0 aromatic carbocycles. The zero-order chi connectivity index (χ0) is 54.8. The number of nitrogens with one attached hydrogen (secondary N) is 1. The molecule has 4 heteroatoms. The lowest BCUT2D eigenvalue weighted by Crippen LogP contribution is -2.45. The number of carbonyl (C=O) groups excluding carboxylic acids is 1. The van der Waals surface area contributed by atoms with Crippen LogP contribution >= 0.6 is 0 Å². The van der Waals surface area contributed by atoms with Crippen LogP contribution in [0.5, 0.6) is 0 Å². The van der Waals surface area contributed by atoms with Crippen LogP contribution in [0.1, 0.15) is 245 Å². The number of hydrogen-bond acceptors (Lipinski definition) is 3. The van der Waals surface area contributed by atoms with Crippen molar-refractivity contribution in [2.75, 3.05) is 6.61 Å². The number of carbonyl (C=O) groups is 1. The molecular weight excluding hydrogens is 927 g/mol. The van der Waals surface area contributed by atoms with Gasteiger partial charge in [-0.2, -0.15) is 0 Å². The van der Waals surface area contributed by atoms with Gasteiger partial charge in [0.25, 0.3) is 0 Å². The molecule has 0 aliphatic heterocycles. The summed E-state index contributed by atoms with van der Waals surface area (Å²) >= 11 is 0. The summed E-state index contributed by atoms with van der Waals surface area (Å²) in [6, 6.07) is -0.685. The van der Waals surface area contributed by atoms with E-state index in [4.69, 9.17) is 0 Å². The number of aliphatic hydroxyl groups excluding tert-OH is 2. The lowest BCUT2D eigenvalue weighted by atomic mass is 10.0. The first-order valence-electron chi connectivity index (χ1n) is 31.0. The smallest absolute Gasteiger partial charge is 0.220 e. The topological polar surface area (TPSA) is 69.6 Å². The van der Waals surface area contributed by atoms with E-state index in [1.807, 2.05) is 6.08 Å². The van der Waals surface area contributed by atoms with E-state index in [9.17, 15) is 15.0 Å². The van der Waals surface area contributed by atoms with Crippen LogP contribution in [0.15, 0.2) is 182 Å². The van der Waals surface area contributed by atoms with Crippen molar-refractivity contribution in [3.05, 3.63) is 182 Å². The summed E-state index contributed by atoms with van der Waals surface area (Å²) in [5, 5.41) is 23.1. The molecule has 76 heavy (non-hydrogen) atoms. The summed E-state index contributed by atoms with van der Waals surface area (Å²) < 4.78 is 0. The standard InChI is InChI=1S/C72H115NO3/c1-3-5-7-9-11-13-15-17-19-21-23-25-27-29-30-31-32-33-34-35-36-37-38-39-40-41-42-44-46-48-50-52-54-56-58-60-62-64-66-68-72(76)73-70(69-74)71(75)67-65-63-61-59-57-55-53-51-49-47-45-43-28-26-24-22-20-18-16-14-12-10-8-6-4-2/h5,7,11,13,17,19,23,25,29-30,32-33,35-36,38-39,41-42,46,48-49,51-52,54,57-60,65,67,70-71,74-75H,3-4,6,8-10,12,14-16,18,20-22,24,26-28,31,34,37,40,43-45,47,50,53,55-56,61-64,66,68-69H2,1-2H3,(H,73,76)/b7-5-,13-11-,19-17-,25-23-,30-29-,33-32-,36-35-,39-38-,42-41-,48-46-,51-49+,54-52-,59-57+,60-58-,67-65+. The molecule has 0 radical (unpaired) electrons. The molecule has 0 aromatic rings. The van der Waals surface area contributed by atoms with Crippen molar-refractivity contribution in [2.45, 2.75) is 257 Å². The Kier molecular flexibility index (Phi) is 60.9. The molecule has 0 fully saturated rings. The normalized spacial score (nSPS) is 14.1. The predicted molar refractivity (Wildman–Crippen MR) is 340 cm³/mol. The maximum atomic E-state index is 12.5. The Morgan fingerprint density at radius 1 is 0.329 bits per heavy atom. The molecule has 0 aliphatic carbocycles. The molecule has 0 heterocycles. The van der Waals surface area contributed by atoms with E-state index in [1.54, 1.807) is 6.08 Å². The summed E-state index contributed by atoms with van der Waals surface area (Å²) in [6.07, 6.45) is 106. The van der Waals surface area contributed by atoms with E-state index in [0.717, 1.165) is 122 Å². The summed E-state index contributed by atoms with van der Waals surface area (Å²) in [5.74, 6) is -0.127. The van der Waals surface area contributed by atoms with Crippen LogP contribution < -0.4 is 5.32 Å². The van der Waals surface area contributed by atoms with Gasteiger partial charge in [-0.05, 0) is 135 Å². The summed E-state index contributed by atoms with van der Waals surface area (Å²) in [5.41, 5.74) is 0. The van der Waals surface area contributed by atoms with Crippen molar-refractivity contribution < 1.29 is 15.0 Å². The van der Waals surface area contributed by atoms with Gasteiger partial charge in [0.15, 0.2) is 0 Å². The largest absolute Gasteiger partial charge is 0.394 e. The van der Waals surface area contributed by atoms with E-state index < -0.39 is 12.1 Å². The lowest BCUT2D eigenvalue weighted by molar-refractivity contribution is -0.123. The van der Waals surface area contributed by atoms with Gasteiger partial charge < -0.3 is 15.5 Å². The van der Waals surface area contributed by atoms with Gasteiger partial charge in [-0.1, -0.05) is 286 Å². The van der Waals surface area contributed by atoms with E-state index in [2.05, 4.69) is 189 Å². The average Bonchev–Trinajstić information content (AvgIpc) is 3.42. The zero-order valence-corrected chi connectivity index (χ0v) is 48.9. The predicted octanol–water partition coefficient (Wildman–Crippen LogP) is 21.3. The van der Waals surface area contributed by atoms with Crippen LogP contribution in [0.25, 0.3) is 0 Å². The first-order valence-corrected chi connectivity index (χ1v) is 31.0. The van der Waals surface area contributed by atoms with E-state index in [-0.39, 0.29) is 12.5 Å². The fourth-order valence-electron chi connectivity index (χ4n) is 8.19. The summed E-state index contributed by atoms with van der Waals surface area (Å²) in [7, 11) is 0. The third-order valence-corrected chi connectivity index (χ3v) is 12.9. The van der Waals surface area contributed by atoms with Crippen molar-refractivity contribution in [2.24, 2.45) is 0 Å². The highest BCUT2D eigenvalue weighted by atomic mass is 16.3. The third kappa shape index (κ3) is 60.4. The Morgan fingerprint density at radius 2 is 0.592 bits per heavy atom. The molecule has 426 valence electrons. The number of aliphatic hydroxyl groups is 2. The minimum Gasteiger partial charge on any atom is -0.394 e. The molecule has 2 atom stereocenters. The number of unbranched alkanes of at least 4 members (excludes halogenated alkanes) is 19. The van der Waals surface area contributed by atoms with Crippen molar-refractivity contribution in [3.8, 4) is 0 Å². The summed E-state index contributed by atoms with van der Waals surface area (Å²) in [4.78, 5) is 12.5. The first-order chi connectivity index (χ1) is 37.7. The number of rotatable bonds is 54. The monoisotopic (exact) mass is 1040 g/mol. The molecule has 0 saturated heterocycles. The third-order valence-electron chi connectivity index (χ3n) is 12.9. The molecular formula is C72H115NO3. The van der Waals surface area contributed by atoms with Gasteiger partial charge in [-0.25, -0.2) is 0 Å². The van der Waals surface area contributed by atoms with Gasteiger partial charge in [0.05, 0.1) is 18.8 Å². The minimum absolute atomic E-state index is 0.127. The van der Waals surface area contributed by atoms with Crippen LogP contribution in [-0.2, 0) is 4.79 Å². The second-order valence-electron chi connectivity index (χ2n) is 20.0. The summed E-state index contributed by atoms with van der Waals surface area (Å²) in [6.45, 7) is 4.16.